The van der Waals surface area contributed by atoms with Crippen LogP contribution in [-0.2, 0) is 11.2 Å². The second-order valence-corrected chi connectivity index (χ2v) is 6.60. The Morgan fingerprint density at radius 1 is 1.27 bits per heavy atom. The molecule has 22 heavy (non-hydrogen) atoms. The van der Waals surface area contributed by atoms with E-state index in [0.717, 1.165) is 28.6 Å². The van der Waals surface area contributed by atoms with Gasteiger partial charge >= 0.3 is 0 Å². The van der Waals surface area contributed by atoms with Crippen molar-refractivity contribution >= 4 is 27.5 Å². The number of carbonyl (C=O) groups excluding carboxylic acids is 1. The van der Waals surface area contributed by atoms with Gasteiger partial charge in [-0.25, -0.2) is 0 Å². The number of halogens is 1. The molecule has 1 heterocycles. The second-order valence-electron chi connectivity index (χ2n) is 5.74. The molecule has 0 radical (unpaired) electrons. The zero-order valence-electron chi connectivity index (χ0n) is 12.6. The first kappa shape index (κ1) is 15.3. The van der Waals surface area contributed by atoms with Crippen LogP contribution < -0.4 is 10.6 Å². The summed E-state index contributed by atoms with van der Waals surface area (Å²) in [4.78, 5) is 13.7. The van der Waals surface area contributed by atoms with E-state index >= 15 is 0 Å². The lowest BCUT2D eigenvalue weighted by Gasteiger charge is -2.33. The standard InChI is InChI=1S/C18H19BrN2O/c1-12(22)21-8-7-17(20)15-10-14(11-16(19)18(15)21)9-13-5-3-2-4-6-13/h2-6,10-11,17H,7-9,20H2,1H3/t17-/m1/s1. The minimum atomic E-state index is -0.0161. The molecule has 4 heteroatoms. The molecule has 2 aromatic carbocycles. The Labute approximate surface area is 139 Å². The first-order chi connectivity index (χ1) is 10.6. The summed E-state index contributed by atoms with van der Waals surface area (Å²) in [7, 11) is 0. The van der Waals surface area contributed by atoms with Gasteiger partial charge in [-0.2, -0.15) is 0 Å². The van der Waals surface area contributed by atoms with Crippen molar-refractivity contribution in [2.45, 2.75) is 25.8 Å². The Morgan fingerprint density at radius 2 is 2.00 bits per heavy atom. The molecule has 0 aromatic heterocycles. The van der Waals surface area contributed by atoms with Crippen LogP contribution in [0.3, 0.4) is 0 Å². The molecule has 0 saturated heterocycles. The predicted octanol–water partition coefficient (Wildman–Crippen LogP) is 3.80. The van der Waals surface area contributed by atoms with Crippen LogP contribution in [0.25, 0.3) is 0 Å². The largest absolute Gasteiger partial charge is 0.324 e. The summed E-state index contributed by atoms with van der Waals surface area (Å²) in [5.74, 6) is 0.0599. The van der Waals surface area contributed by atoms with Crippen LogP contribution in [0.1, 0.15) is 36.1 Å². The molecule has 0 bridgehead atoms. The van der Waals surface area contributed by atoms with E-state index in [4.69, 9.17) is 5.73 Å². The molecular formula is C18H19BrN2O. The lowest BCUT2D eigenvalue weighted by Crippen LogP contribution is -2.37. The zero-order chi connectivity index (χ0) is 15.7. The smallest absolute Gasteiger partial charge is 0.223 e. The van der Waals surface area contributed by atoms with E-state index in [2.05, 4.69) is 40.2 Å². The van der Waals surface area contributed by atoms with E-state index in [-0.39, 0.29) is 11.9 Å². The molecule has 3 nitrogen and oxygen atoms in total. The van der Waals surface area contributed by atoms with Crippen LogP contribution in [0.4, 0.5) is 5.69 Å². The van der Waals surface area contributed by atoms with Gasteiger partial charge in [0.2, 0.25) is 5.91 Å². The molecule has 1 aliphatic heterocycles. The third-order valence-corrected chi connectivity index (χ3v) is 4.72. The van der Waals surface area contributed by atoms with Crippen molar-refractivity contribution in [1.29, 1.82) is 0 Å². The van der Waals surface area contributed by atoms with E-state index in [1.54, 1.807) is 6.92 Å². The Hall–Kier alpha value is -1.65. The van der Waals surface area contributed by atoms with Crippen LogP contribution in [0.5, 0.6) is 0 Å². The third kappa shape index (κ3) is 2.94. The maximum absolute atomic E-state index is 11.9. The van der Waals surface area contributed by atoms with Gasteiger partial charge in [0.25, 0.3) is 0 Å². The summed E-state index contributed by atoms with van der Waals surface area (Å²) in [5.41, 5.74) is 10.7. The number of carbonyl (C=O) groups is 1. The number of rotatable bonds is 2. The van der Waals surface area contributed by atoms with Crippen molar-refractivity contribution in [3.8, 4) is 0 Å². The SMILES string of the molecule is CC(=O)N1CC[C@@H](N)c2cc(Cc3ccccc3)cc(Br)c21. The monoisotopic (exact) mass is 358 g/mol. The Balaban J connectivity index is 2.01. The summed E-state index contributed by atoms with van der Waals surface area (Å²) in [6, 6.07) is 14.6. The number of nitrogens with two attached hydrogens (primary N) is 1. The third-order valence-electron chi connectivity index (χ3n) is 4.12. The fourth-order valence-electron chi connectivity index (χ4n) is 3.03. The van der Waals surface area contributed by atoms with Crippen molar-refractivity contribution in [3.05, 3.63) is 63.6 Å². The van der Waals surface area contributed by atoms with Crippen molar-refractivity contribution in [2.75, 3.05) is 11.4 Å². The van der Waals surface area contributed by atoms with Gasteiger partial charge in [0, 0.05) is 24.0 Å². The fourth-order valence-corrected chi connectivity index (χ4v) is 3.77. The summed E-state index contributed by atoms with van der Waals surface area (Å²) in [6.07, 6.45) is 1.66. The Kier molecular flexibility index (Phi) is 4.32. The van der Waals surface area contributed by atoms with Gasteiger partial charge in [-0.15, -0.1) is 0 Å². The highest BCUT2D eigenvalue weighted by Gasteiger charge is 2.27. The van der Waals surface area contributed by atoms with Crippen molar-refractivity contribution in [2.24, 2.45) is 5.73 Å². The Bertz CT molecular complexity index is 700. The van der Waals surface area contributed by atoms with Crippen molar-refractivity contribution in [3.63, 3.8) is 0 Å². The fraction of sp³-hybridized carbons (Fsp3) is 0.278. The average Bonchev–Trinajstić information content (AvgIpc) is 2.49. The maximum atomic E-state index is 11.9. The van der Waals surface area contributed by atoms with Crippen LogP contribution in [-0.4, -0.2) is 12.5 Å². The molecule has 0 saturated carbocycles. The summed E-state index contributed by atoms with van der Waals surface area (Å²) in [5, 5.41) is 0. The lowest BCUT2D eigenvalue weighted by molar-refractivity contribution is -0.116. The quantitative estimate of drug-likeness (QED) is 0.887. The van der Waals surface area contributed by atoms with Gasteiger partial charge in [0.1, 0.15) is 0 Å². The molecule has 0 fully saturated rings. The van der Waals surface area contributed by atoms with Gasteiger partial charge in [0.05, 0.1) is 5.69 Å². The number of fused-ring (bicyclic) bond motifs is 1. The Morgan fingerprint density at radius 3 is 2.68 bits per heavy atom. The topological polar surface area (TPSA) is 46.3 Å². The number of hydrogen-bond acceptors (Lipinski definition) is 2. The molecule has 1 atom stereocenters. The van der Waals surface area contributed by atoms with Gasteiger partial charge < -0.3 is 10.6 Å². The van der Waals surface area contributed by atoms with E-state index < -0.39 is 0 Å². The first-order valence-electron chi connectivity index (χ1n) is 7.46. The minimum absolute atomic E-state index is 0.0161. The van der Waals surface area contributed by atoms with Gasteiger partial charge in [-0.05, 0) is 51.5 Å². The second kappa shape index (κ2) is 6.23. The van der Waals surface area contributed by atoms with Crippen LogP contribution in [0.15, 0.2) is 46.9 Å². The van der Waals surface area contributed by atoms with Crippen LogP contribution in [0, 0.1) is 0 Å². The molecule has 0 spiro atoms. The predicted molar refractivity (Wildman–Crippen MR) is 93.0 cm³/mol. The number of amides is 1. The molecular weight excluding hydrogens is 340 g/mol. The highest BCUT2D eigenvalue weighted by atomic mass is 79.9. The molecule has 0 aliphatic carbocycles. The highest BCUT2D eigenvalue weighted by Crippen LogP contribution is 2.39. The number of benzene rings is 2. The summed E-state index contributed by atoms with van der Waals surface area (Å²) < 4.78 is 0.946. The normalized spacial score (nSPS) is 17.2. The minimum Gasteiger partial charge on any atom is -0.324 e. The van der Waals surface area contributed by atoms with E-state index in [9.17, 15) is 4.79 Å². The van der Waals surface area contributed by atoms with Crippen LogP contribution in [0.2, 0.25) is 0 Å². The number of hydrogen-bond donors (Lipinski definition) is 1. The maximum Gasteiger partial charge on any atom is 0.223 e. The van der Waals surface area contributed by atoms with Crippen molar-refractivity contribution < 1.29 is 4.79 Å². The van der Waals surface area contributed by atoms with Crippen LogP contribution >= 0.6 is 15.9 Å². The summed E-state index contributed by atoms with van der Waals surface area (Å²) >= 11 is 3.63. The molecule has 1 amide bonds. The van der Waals surface area contributed by atoms with Gasteiger partial charge in [-0.3, -0.25) is 4.79 Å². The molecule has 3 rings (SSSR count). The van der Waals surface area contributed by atoms with Gasteiger partial charge in [0.15, 0.2) is 0 Å². The molecule has 2 aromatic rings. The van der Waals surface area contributed by atoms with Crippen molar-refractivity contribution in [1.82, 2.24) is 0 Å². The number of nitrogens with zero attached hydrogens (tertiary/aromatic N) is 1. The van der Waals surface area contributed by atoms with E-state index in [1.807, 2.05) is 23.1 Å². The average molecular weight is 359 g/mol. The number of anilines is 1. The molecule has 0 unspecified atom stereocenters. The van der Waals surface area contributed by atoms with Gasteiger partial charge in [-0.1, -0.05) is 36.4 Å². The highest BCUT2D eigenvalue weighted by molar-refractivity contribution is 9.10. The van der Waals surface area contributed by atoms with E-state index in [0.29, 0.717) is 6.54 Å². The molecule has 114 valence electrons. The lowest BCUT2D eigenvalue weighted by atomic mass is 9.93. The molecule has 1 aliphatic rings. The summed E-state index contributed by atoms with van der Waals surface area (Å²) in [6.45, 7) is 2.28. The zero-order valence-corrected chi connectivity index (χ0v) is 14.1. The van der Waals surface area contributed by atoms with E-state index in [1.165, 1.54) is 11.1 Å². The molecule has 2 N–H and O–H groups in total. The first-order valence-corrected chi connectivity index (χ1v) is 8.25.